The number of anilines is 1. The number of aliphatic hydroxyl groups excluding tert-OH is 1. The third kappa shape index (κ3) is 6.85. The van der Waals surface area contributed by atoms with E-state index in [-0.39, 0.29) is 18.2 Å². The first-order chi connectivity index (χ1) is 13.3. The monoisotopic (exact) mass is 384 g/mol. The Morgan fingerprint density at radius 1 is 1.25 bits per heavy atom. The Kier molecular flexibility index (Phi) is 7.71. The molecule has 0 aliphatic heterocycles. The number of aliphatic hydroxyl groups is 1. The number of nitro groups is 1. The van der Waals surface area contributed by atoms with E-state index in [2.05, 4.69) is 5.32 Å². The molecule has 0 saturated heterocycles. The highest BCUT2D eigenvalue weighted by molar-refractivity contribution is 5.87. The molecule has 0 aliphatic rings. The molecule has 2 N–H and O–H groups in total. The van der Waals surface area contributed by atoms with Crippen LogP contribution in [-0.4, -0.2) is 29.2 Å². The van der Waals surface area contributed by atoms with Gasteiger partial charge < -0.3 is 15.2 Å². The van der Waals surface area contributed by atoms with Crippen molar-refractivity contribution in [3.05, 3.63) is 75.8 Å². The summed E-state index contributed by atoms with van der Waals surface area (Å²) in [7, 11) is 0. The predicted molar refractivity (Wildman–Crippen MR) is 108 cm³/mol. The number of nitro benzene ring substituents is 1. The molecule has 2 aromatic carbocycles. The molecule has 2 rings (SSSR count). The van der Waals surface area contributed by atoms with Crippen LogP contribution in [0.15, 0.2) is 54.6 Å². The molecule has 1 atom stereocenters. The molecule has 0 amide bonds. The van der Waals surface area contributed by atoms with Gasteiger partial charge in [0.2, 0.25) is 0 Å². The van der Waals surface area contributed by atoms with Crippen LogP contribution in [0, 0.1) is 16.0 Å². The summed E-state index contributed by atoms with van der Waals surface area (Å²) in [4.78, 5) is 22.0. The molecule has 7 heteroatoms. The number of nitrogens with zero attached hydrogens (tertiary/aromatic N) is 1. The zero-order chi connectivity index (χ0) is 20.5. The second-order valence-corrected chi connectivity index (χ2v) is 6.73. The van der Waals surface area contributed by atoms with Gasteiger partial charge in [-0.05, 0) is 35.3 Å². The highest BCUT2D eigenvalue weighted by atomic mass is 16.6. The number of hydrogen-bond donors (Lipinski definition) is 2. The van der Waals surface area contributed by atoms with Gasteiger partial charge in [0.15, 0.2) is 0 Å². The lowest BCUT2D eigenvalue weighted by atomic mass is 10.1. The Morgan fingerprint density at radius 2 is 2.00 bits per heavy atom. The van der Waals surface area contributed by atoms with Gasteiger partial charge in [-0.2, -0.15) is 0 Å². The number of benzene rings is 2. The van der Waals surface area contributed by atoms with Crippen LogP contribution in [0.25, 0.3) is 6.08 Å². The van der Waals surface area contributed by atoms with Crippen LogP contribution in [0.3, 0.4) is 0 Å². The molecule has 1 unspecified atom stereocenters. The minimum absolute atomic E-state index is 0.0620. The summed E-state index contributed by atoms with van der Waals surface area (Å²) < 4.78 is 5.09. The fourth-order valence-electron chi connectivity index (χ4n) is 2.39. The van der Waals surface area contributed by atoms with Gasteiger partial charge in [-0.1, -0.05) is 38.1 Å². The zero-order valence-electron chi connectivity index (χ0n) is 15.9. The van der Waals surface area contributed by atoms with Crippen molar-refractivity contribution in [2.45, 2.75) is 20.0 Å². The number of carbonyl (C=O) groups excluding carboxylic acids is 1. The van der Waals surface area contributed by atoms with Crippen molar-refractivity contribution in [2.24, 2.45) is 5.92 Å². The second-order valence-electron chi connectivity index (χ2n) is 6.73. The maximum atomic E-state index is 11.6. The SMILES string of the molecule is CC(C)COC(=O)/C=C/c1cccc(NCC(O)c2cccc([N+](=O)[O-])c2)c1. The average molecular weight is 384 g/mol. The molecule has 0 spiro atoms. The van der Waals surface area contributed by atoms with Crippen LogP contribution >= 0.6 is 0 Å². The molecule has 148 valence electrons. The van der Waals surface area contributed by atoms with Crippen LogP contribution in [0.5, 0.6) is 0 Å². The molecule has 0 heterocycles. The van der Waals surface area contributed by atoms with Crippen LogP contribution in [-0.2, 0) is 9.53 Å². The van der Waals surface area contributed by atoms with E-state index >= 15 is 0 Å². The number of carbonyl (C=O) groups is 1. The highest BCUT2D eigenvalue weighted by Gasteiger charge is 2.12. The molecule has 0 aliphatic carbocycles. The molecule has 2 aromatic rings. The van der Waals surface area contributed by atoms with Crippen LogP contribution in [0.1, 0.15) is 31.1 Å². The molecular formula is C21H24N2O5. The number of nitrogens with one attached hydrogen (secondary N) is 1. The third-order valence-corrected chi connectivity index (χ3v) is 3.82. The quantitative estimate of drug-likeness (QED) is 0.294. The predicted octanol–water partition coefficient (Wildman–Crippen LogP) is 3.95. The molecule has 0 saturated carbocycles. The van der Waals surface area contributed by atoms with Gasteiger partial charge in [-0.3, -0.25) is 10.1 Å². The van der Waals surface area contributed by atoms with Crippen LogP contribution < -0.4 is 5.32 Å². The van der Waals surface area contributed by atoms with Gasteiger partial charge in [0.25, 0.3) is 5.69 Å². The van der Waals surface area contributed by atoms with Crippen LogP contribution in [0.2, 0.25) is 0 Å². The van der Waals surface area contributed by atoms with Gasteiger partial charge in [0.1, 0.15) is 0 Å². The number of hydrogen-bond acceptors (Lipinski definition) is 6. The lowest BCUT2D eigenvalue weighted by Crippen LogP contribution is -2.12. The number of esters is 1. The second kappa shape index (κ2) is 10.2. The molecule has 28 heavy (non-hydrogen) atoms. The fraction of sp³-hybridized carbons (Fsp3) is 0.286. The van der Waals surface area contributed by atoms with E-state index in [0.29, 0.717) is 12.2 Å². The Morgan fingerprint density at radius 3 is 2.71 bits per heavy atom. The average Bonchev–Trinajstić information content (AvgIpc) is 2.69. The van der Waals surface area contributed by atoms with E-state index in [1.165, 1.54) is 18.2 Å². The molecule has 0 fully saturated rings. The van der Waals surface area contributed by atoms with E-state index in [4.69, 9.17) is 4.74 Å². The van der Waals surface area contributed by atoms with Gasteiger partial charge >= 0.3 is 5.97 Å². The smallest absolute Gasteiger partial charge is 0.330 e. The first-order valence-corrected chi connectivity index (χ1v) is 8.96. The van der Waals surface area contributed by atoms with E-state index in [9.17, 15) is 20.0 Å². The molecule has 0 bridgehead atoms. The lowest BCUT2D eigenvalue weighted by Gasteiger charge is -2.13. The van der Waals surface area contributed by atoms with E-state index in [0.717, 1.165) is 11.3 Å². The molecular weight excluding hydrogens is 360 g/mol. The number of ether oxygens (including phenoxy) is 1. The molecule has 0 radical (unpaired) electrons. The Bertz CT molecular complexity index is 848. The van der Waals surface area contributed by atoms with Gasteiger partial charge in [-0.25, -0.2) is 4.79 Å². The number of rotatable bonds is 9. The van der Waals surface area contributed by atoms with Crippen molar-refractivity contribution >= 4 is 23.4 Å². The summed E-state index contributed by atoms with van der Waals surface area (Å²) in [5.74, 6) is -0.115. The van der Waals surface area contributed by atoms with E-state index in [1.54, 1.807) is 18.2 Å². The minimum Gasteiger partial charge on any atom is -0.462 e. The van der Waals surface area contributed by atoms with Crippen LogP contribution in [0.4, 0.5) is 11.4 Å². The van der Waals surface area contributed by atoms with Crippen molar-refractivity contribution in [1.29, 1.82) is 0 Å². The zero-order valence-corrected chi connectivity index (χ0v) is 15.9. The van der Waals surface area contributed by atoms with Crippen molar-refractivity contribution in [3.63, 3.8) is 0 Å². The van der Waals surface area contributed by atoms with Crippen molar-refractivity contribution in [3.8, 4) is 0 Å². The highest BCUT2D eigenvalue weighted by Crippen LogP contribution is 2.20. The summed E-state index contributed by atoms with van der Waals surface area (Å²) in [5.41, 5.74) is 1.96. The summed E-state index contributed by atoms with van der Waals surface area (Å²) >= 11 is 0. The van der Waals surface area contributed by atoms with Crippen molar-refractivity contribution in [2.75, 3.05) is 18.5 Å². The standard InChI is InChI=1S/C21H24N2O5/c1-15(2)14-28-21(25)10-9-16-5-3-7-18(11-16)22-13-20(24)17-6-4-8-19(12-17)23(26)27/h3-12,15,20,22,24H,13-14H2,1-2H3/b10-9+. The summed E-state index contributed by atoms with van der Waals surface area (Å²) in [5, 5.41) is 24.2. The Labute approximate surface area is 163 Å². The summed E-state index contributed by atoms with van der Waals surface area (Å²) in [6, 6.07) is 13.2. The normalized spacial score (nSPS) is 12.1. The van der Waals surface area contributed by atoms with E-state index < -0.39 is 17.0 Å². The lowest BCUT2D eigenvalue weighted by molar-refractivity contribution is -0.385. The maximum absolute atomic E-state index is 11.6. The topological polar surface area (TPSA) is 102 Å². The number of non-ortho nitro benzene ring substituents is 1. The van der Waals surface area contributed by atoms with Gasteiger partial charge in [0, 0.05) is 30.4 Å². The summed E-state index contributed by atoms with van der Waals surface area (Å²) in [6.45, 7) is 4.49. The third-order valence-electron chi connectivity index (χ3n) is 3.82. The fourth-order valence-corrected chi connectivity index (χ4v) is 2.39. The largest absolute Gasteiger partial charge is 0.462 e. The maximum Gasteiger partial charge on any atom is 0.330 e. The summed E-state index contributed by atoms with van der Waals surface area (Å²) in [6.07, 6.45) is 2.13. The Hall–Kier alpha value is -3.19. The first-order valence-electron chi connectivity index (χ1n) is 8.96. The minimum atomic E-state index is -0.898. The molecule has 7 nitrogen and oxygen atoms in total. The van der Waals surface area contributed by atoms with Gasteiger partial charge in [0.05, 0.1) is 17.6 Å². The van der Waals surface area contributed by atoms with Crippen molar-refractivity contribution in [1.82, 2.24) is 0 Å². The molecule has 0 aromatic heterocycles. The van der Waals surface area contributed by atoms with Gasteiger partial charge in [-0.15, -0.1) is 0 Å². The van der Waals surface area contributed by atoms with E-state index in [1.807, 2.05) is 38.1 Å². The Balaban J connectivity index is 1.94. The first kappa shape index (κ1) is 21.1. The van der Waals surface area contributed by atoms with Crippen molar-refractivity contribution < 1.29 is 19.6 Å².